The predicted molar refractivity (Wildman–Crippen MR) is 80.6 cm³/mol. The second-order valence-electron chi connectivity index (χ2n) is 5.16. The number of hydrogen-bond donors (Lipinski definition) is 2. The Bertz CT molecular complexity index is 745. The van der Waals surface area contributed by atoms with E-state index in [1.165, 1.54) is 13.2 Å². The van der Waals surface area contributed by atoms with E-state index in [0.717, 1.165) is 11.0 Å². The molecule has 1 amide bonds. The van der Waals surface area contributed by atoms with E-state index < -0.39 is 11.2 Å². The molecule has 0 saturated carbocycles. The number of aromatic amines is 1. The van der Waals surface area contributed by atoms with E-state index in [9.17, 15) is 14.4 Å². The van der Waals surface area contributed by atoms with Gasteiger partial charge in [0, 0.05) is 43.8 Å². The second kappa shape index (κ2) is 6.88. The van der Waals surface area contributed by atoms with Gasteiger partial charge in [0.05, 0.1) is 12.7 Å². The van der Waals surface area contributed by atoms with Gasteiger partial charge in [0.2, 0.25) is 5.91 Å². The lowest BCUT2D eigenvalue weighted by molar-refractivity contribution is -0.120. The van der Waals surface area contributed by atoms with Gasteiger partial charge >= 0.3 is 5.69 Å². The summed E-state index contributed by atoms with van der Waals surface area (Å²) in [5, 5.41) is 2.77. The van der Waals surface area contributed by atoms with Gasteiger partial charge in [-0.15, -0.1) is 0 Å². The molecule has 22 heavy (non-hydrogen) atoms. The minimum Gasteiger partial charge on any atom is -0.356 e. The maximum Gasteiger partial charge on any atom is 0.328 e. The van der Waals surface area contributed by atoms with Crippen molar-refractivity contribution in [3.05, 3.63) is 51.3 Å². The minimum atomic E-state index is -0.497. The van der Waals surface area contributed by atoms with E-state index in [1.54, 1.807) is 12.5 Å². The first-order valence-electron chi connectivity index (χ1n) is 7.00. The van der Waals surface area contributed by atoms with E-state index in [2.05, 4.69) is 15.3 Å². The number of aromatic nitrogens is 4. The van der Waals surface area contributed by atoms with Crippen LogP contribution in [0.1, 0.15) is 24.9 Å². The fraction of sp³-hybridized carbons (Fsp3) is 0.429. The molecule has 0 aliphatic carbocycles. The molecule has 2 heterocycles. The third-order valence-electron chi connectivity index (χ3n) is 3.52. The Morgan fingerprint density at radius 3 is 2.91 bits per heavy atom. The van der Waals surface area contributed by atoms with Crippen LogP contribution in [0.2, 0.25) is 0 Å². The quantitative estimate of drug-likeness (QED) is 0.756. The van der Waals surface area contributed by atoms with Gasteiger partial charge in [-0.2, -0.15) is 0 Å². The van der Waals surface area contributed by atoms with Crippen molar-refractivity contribution < 1.29 is 4.79 Å². The number of imidazole rings is 1. The molecule has 2 aromatic rings. The van der Waals surface area contributed by atoms with Crippen LogP contribution in [0.5, 0.6) is 0 Å². The van der Waals surface area contributed by atoms with Crippen LogP contribution in [-0.4, -0.2) is 31.6 Å². The zero-order valence-corrected chi connectivity index (χ0v) is 12.6. The number of nitrogens with zero attached hydrogens (tertiary/aromatic N) is 3. The lowest BCUT2D eigenvalue weighted by Crippen LogP contribution is -2.36. The zero-order chi connectivity index (χ0) is 16.1. The van der Waals surface area contributed by atoms with Crippen LogP contribution in [-0.2, 0) is 18.3 Å². The number of carbonyl (C=O) groups is 1. The van der Waals surface area contributed by atoms with Gasteiger partial charge in [-0.05, 0) is 13.3 Å². The second-order valence-corrected chi connectivity index (χ2v) is 5.16. The topological polar surface area (TPSA) is 102 Å². The minimum absolute atomic E-state index is 0.0527. The van der Waals surface area contributed by atoms with E-state index in [0.29, 0.717) is 6.54 Å². The highest BCUT2D eigenvalue weighted by Gasteiger charge is 2.10. The Morgan fingerprint density at radius 2 is 2.23 bits per heavy atom. The first-order chi connectivity index (χ1) is 10.5. The van der Waals surface area contributed by atoms with Gasteiger partial charge in [-0.3, -0.25) is 14.2 Å². The molecule has 118 valence electrons. The third-order valence-corrected chi connectivity index (χ3v) is 3.52. The molecule has 0 aromatic carbocycles. The van der Waals surface area contributed by atoms with Crippen molar-refractivity contribution in [2.45, 2.75) is 25.8 Å². The summed E-state index contributed by atoms with van der Waals surface area (Å²) in [6, 6.07) is 0.226. The van der Waals surface area contributed by atoms with Crippen molar-refractivity contribution in [2.75, 3.05) is 6.54 Å². The van der Waals surface area contributed by atoms with Crippen LogP contribution >= 0.6 is 0 Å². The van der Waals surface area contributed by atoms with Crippen molar-refractivity contribution in [2.24, 2.45) is 7.05 Å². The molecule has 0 fully saturated rings. The van der Waals surface area contributed by atoms with Crippen molar-refractivity contribution in [1.82, 2.24) is 24.4 Å². The number of nitrogens with one attached hydrogen (secondary N) is 2. The SMILES string of the molecule is C[C@H](CCNC(=O)Cc1c[nH]c(=O)n(C)c1=O)n1ccnc1. The van der Waals surface area contributed by atoms with Crippen LogP contribution in [0.25, 0.3) is 0 Å². The summed E-state index contributed by atoms with van der Waals surface area (Å²) >= 11 is 0. The van der Waals surface area contributed by atoms with E-state index in [-0.39, 0.29) is 23.9 Å². The Kier molecular flexibility index (Phi) is 4.92. The average molecular weight is 305 g/mol. The molecule has 0 bridgehead atoms. The largest absolute Gasteiger partial charge is 0.356 e. The summed E-state index contributed by atoms with van der Waals surface area (Å²) in [4.78, 5) is 41.3. The molecule has 1 atom stereocenters. The van der Waals surface area contributed by atoms with Crippen LogP contribution in [0, 0.1) is 0 Å². The molecule has 2 aromatic heterocycles. The number of carbonyl (C=O) groups excluding carboxylic acids is 1. The van der Waals surface area contributed by atoms with Gasteiger partial charge < -0.3 is 14.9 Å². The highest BCUT2D eigenvalue weighted by molar-refractivity contribution is 5.78. The van der Waals surface area contributed by atoms with Gasteiger partial charge in [-0.1, -0.05) is 0 Å². The lowest BCUT2D eigenvalue weighted by Gasteiger charge is -2.13. The highest BCUT2D eigenvalue weighted by atomic mass is 16.2. The van der Waals surface area contributed by atoms with Gasteiger partial charge in [0.25, 0.3) is 5.56 Å². The predicted octanol–water partition coefficient (Wildman–Crippen LogP) is -0.420. The number of hydrogen-bond acceptors (Lipinski definition) is 4. The van der Waals surface area contributed by atoms with Crippen LogP contribution in [0.3, 0.4) is 0 Å². The Balaban J connectivity index is 1.85. The Labute approximate surface area is 126 Å². The van der Waals surface area contributed by atoms with Crippen molar-refractivity contribution in [3.63, 3.8) is 0 Å². The van der Waals surface area contributed by atoms with Gasteiger partial charge in [0.1, 0.15) is 0 Å². The smallest absolute Gasteiger partial charge is 0.328 e. The molecule has 0 spiro atoms. The molecule has 8 heteroatoms. The molecular formula is C14H19N5O3. The molecule has 0 saturated heterocycles. The maximum absolute atomic E-state index is 11.9. The molecule has 0 radical (unpaired) electrons. The Morgan fingerprint density at radius 1 is 1.45 bits per heavy atom. The number of H-pyrrole nitrogens is 1. The molecule has 8 nitrogen and oxygen atoms in total. The molecular weight excluding hydrogens is 286 g/mol. The van der Waals surface area contributed by atoms with Crippen molar-refractivity contribution >= 4 is 5.91 Å². The van der Waals surface area contributed by atoms with Crippen LogP contribution in [0.15, 0.2) is 34.5 Å². The van der Waals surface area contributed by atoms with Crippen LogP contribution < -0.4 is 16.6 Å². The molecule has 0 unspecified atom stereocenters. The molecule has 2 N–H and O–H groups in total. The summed E-state index contributed by atoms with van der Waals surface area (Å²) in [5.74, 6) is -0.248. The number of amides is 1. The van der Waals surface area contributed by atoms with E-state index >= 15 is 0 Å². The summed E-state index contributed by atoms with van der Waals surface area (Å²) in [6.07, 6.45) is 7.31. The highest BCUT2D eigenvalue weighted by Crippen LogP contribution is 2.07. The fourth-order valence-electron chi connectivity index (χ4n) is 2.08. The maximum atomic E-state index is 11.9. The first-order valence-corrected chi connectivity index (χ1v) is 7.00. The molecule has 0 aliphatic rings. The summed E-state index contributed by atoms with van der Waals surface area (Å²) in [6.45, 7) is 2.54. The van der Waals surface area contributed by atoms with Crippen molar-refractivity contribution in [1.29, 1.82) is 0 Å². The van der Waals surface area contributed by atoms with E-state index in [1.807, 2.05) is 17.7 Å². The normalized spacial score (nSPS) is 12.1. The van der Waals surface area contributed by atoms with E-state index in [4.69, 9.17) is 0 Å². The summed E-state index contributed by atoms with van der Waals surface area (Å²) < 4.78 is 2.91. The lowest BCUT2D eigenvalue weighted by atomic mass is 10.2. The first kappa shape index (κ1) is 15.7. The standard InChI is InChI=1S/C14H19N5O3/c1-10(19-6-5-15-9-19)3-4-16-12(20)7-11-8-17-14(22)18(2)13(11)21/h5-6,8-10H,3-4,7H2,1-2H3,(H,16,20)(H,17,22)/t10-/m1/s1. The fourth-order valence-corrected chi connectivity index (χ4v) is 2.08. The van der Waals surface area contributed by atoms with Crippen molar-refractivity contribution in [3.8, 4) is 0 Å². The zero-order valence-electron chi connectivity index (χ0n) is 12.6. The van der Waals surface area contributed by atoms with Crippen LogP contribution in [0.4, 0.5) is 0 Å². The monoisotopic (exact) mass is 305 g/mol. The summed E-state index contributed by atoms with van der Waals surface area (Å²) in [7, 11) is 1.37. The molecule has 2 rings (SSSR count). The molecule has 0 aliphatic heterocycles. The van der Waals surface area contributed by atoms with Gasteiger partial charge in [0.15, 0.2) is 0 Å². The average Bonchev–Trinajstić information content (AvgIpc) is 3.02. The third kappa shape index (κ3) is 3.72. The summed E-state index contributed by atoms with van der Waals surface area (Å²) in [5.41, 5.74) is -0.684. The van der Waals surface area contributed by atoms with Gasteiger partial charge in [-0.25, -0.2) is 9.78 Å². The Hall–Kier alpha value is -2.64. The number of rotatable bonds is 6.